The standard InChI is InChI=1S/C6H12N2/c1-6-2-3-8(4-6)5-7/h5-7H,2-4H2,1H3/t6-/m0/s1. The van der Waals surface area contributed by atoms with Crippen LogP contribution in [0.1, 0.15) is 13.3 Å². The monoisotopic (exact) mass is 112 g/mol. The molecule has 1 atom stereocenters. The predicted octanol–water partition coefficient (Wildman–Crippen LogP) is 0.935. The van der Waals surface area contributed by atoms with E-state index >= 15 is 0 Å². The Morgan fingerprint density at radius 2 is 2.50 bits per heavy atom. The van der Waals surface area contributed by atoms with E-state index in [2.05, 4.69) is 6.92 Å². The SMILES string of the molecule is C[C@H]1CCN(C=N)C1. The molecule has 2 heteroatoms. The minimum Gasteiger partial charge on any atom is -0.363 e. The zero-order valence-electron chi connectivity index (χ0n) is 5.22. The van der Waals surface area contributed by atoms with Gasteiger partial charge in [0.1, 0.15) is 0 Å². The van der Waals surface area contributed by atoms with Crippen LogP contribution in [0.15, 0.2) is 0 Å². The van der Waals surface area contributed by atoms with Crippen LogP contribution < -0.4 is 0 Å². The van der Waals surface area contributed by atoms with Gasteiger partial charge >= 0.3 is 0 Å². The highest BCUT2D eigenvalue weighted by molar-refractivity contribution is 5.50. The summed E-state index contributed by atoms with van der Waals surface area (Å²) in [5.74, 6) is 0.802. The van der Waals surface area contributed by atoms with Crippen molar-refractivity contribution in [1.82, 2.24) is 4.90 Å². The van der Waals surface area contributed by atoms with Gasteiger partial charge in [-0.05, 0) is 12.3 Å². The van der Waals surface area contributed by atoms with Crippen molar-refractivity contribution in [3.8, 4) is 0 Å². The van der Waals surface area contributed by atoms with Gasteiger partial charge in [-0.3, -0.25) is 5.41 Å². The Morgan fingerprint density at radius 3 is 2.75 bits per heavy atom. The van der Waals surface area contributed by atoms with Crippen molar-refractivity contribution in [3.63, 3.8) is 0 Å². The van der Waals surface area contributed by atoms with Crippen LogP contribution in [0.4, 0.5) is 0 Å². The molecule has 0 aliphatic carbocycles. The quantitative estimate of drug-likeness (QED) is 0.396. The maximum Gasteiger partial charge on any atom is 0.0817 e. The molecule has 0 unspecified atom stereocenters. The Hall–Kier alpha value is -0.530. The summed E-state index contributed by atoms with van der Waals surface area (Å²) in [7, 11) is 0. The summed E-state index contributed by atoms with van der Waals surface area (Å²) in [5, 5.41) is 6.89. The van der Waals surface area contributed by atoms with E-state index in [0.717, 1.165) is 19.0 Å². The van der Waals surface area contributed by atoms with Crippen molar-refractivity contribution in [3.05, 3.63) is 0 Å². The molecule has 0 amide bonds. The van der Waals surface area contributed by atoms with Crippen LogP contribution in [0.3, 0.4) is 0 Å². The minimum absolute atomic E-state index is 0.802. The van der Waals surface area contributed by atoms with E-state index in [-0.39, 0.29) is 0 Å². The molecule has 46 valence electrons. The molecule has 1 fully saturated rings. The molecule has 0 aromatic heterocycles. The van der Waals surface area contributed by atoms with Gasteiger partial charge in [0.25, 0.3) is 0 Å². The van der Waals surface area contributed by atoms with Gasteiger partial charge in [-0.15, -0.1) is 0 Å². The largest absolute Gasteiger partial charge is 0.363 e. The molecule has 1 saturated heterocycles. The Bertz CT molecular complexity index is 90.5. The van der Waals surface area contributed by atoms with Gasteiger partial charge in [-0.2, -0.15) is 0 Å². The lowest BCUT2D eigenvalue weighted by Crippen LogP contribution is -2.16. The summed E-state index contributed by atoms with van der Waals surface area (Å²) in [6, 6.07) is 0. The third kappa shape index (κ3) is 0.997. The first-order valence-corrected chi connectivity index (χ1v) is 3.07. The zero-order chi connectivity index (χ0) is 5.98. The fraction of sp³-hybridized carbons (Fsp3) is 0.833. The Labute approximate surface area is 50.0 Å². The number of likely N-dealkylation sites (tertiary alicyclic amines) is 1. The van der Waals surface area contributed by atoms with Crippen LogP contribution in [0.5, 0.6) is 0 Å². The third-order valence-electron chi connectivity index (χ3n) is 1.64. The fourth-order valence-corrected chi connectivity index (χ4v) is 1.09. The highest BCUT2D eigenvalue weighted by atomic mass is 15.1. The lowest BCUT2D eigenvalue weighted by atomic mass is 10.2. The second-order valence-corrected chi connectivity index (χ2v) is 2.52. The Kier molecular flexibility index (Phi) is 1.51. The second-order valence-electron chi connectivity index (χ2n) is 2.52. The molecule has 0 spiro atoms. The van der Waals surface area contributed by atoms with E-state index < -0.39 is 0 Å². The van der Waals surface area contributed by atoms with Crippen LogP contribution in [0.2, 0.25) is 0 Å². The van der Waals surface area contributed by atoms with E-state index in [4.69, 9.17) is 5.41 Å². The van der Waals surface area contributed by atoms with E-state index in [1.807, 2.05) is 4.90 Å². The molecule has 1 N–H and O–H groups in total. The van der Waals surface area contributed by atoms with Crippen molar-refractivity contribution in [2.75, 3.05) is 13.1 Å². The van der Waals surface area contributed by atoms with Crippen LogP contribution in [0.25, 0.3) is 0 Å². The summed E-state index contributed by atoms with van der Waals surface area (Å²) < 4.78 is 0. The maximum atomic E-state index is 6.89. The molecule has 8 heavy (non-hydrogen) atoms. The van der Waals surface area contributed by atoms with Crippen LogP contribution in [0, 0.1) is 11.3 Å². The van der Waals surface area contributed by atoms with Crippen molar-refractivity contribution in [1.29, 1.82) is 5.41 Å². The van der Waals surface area contributed by atoms with E-state index in [0.29, 0.717) is 0 Å². The van der Waals surface area contributed by atoms with Gasteiger partial charge in [-0.25, -0.2) is 0 Å². The van der Waals surface area contributed by atoms with Crippen LogP contribution >= 0.6 is 0 Å². The topological polar surface area (TPSA) is 27.1 Å². The maximum absolute atomic E-state index is 6.89. The van der Waals surface area contributed by atoms with Gasteiger partial charge in [0.05, 0.1) is 6.34 Å². The summed E-state index contributed by atoms with van der Waals surface area (Å²) in [6.07, 6.45) is 2.69. The molecule has 0 aromatic carbocycles. The minimum atomic E-state index is 0.802. The van der Waals surface area contributed by atoms with Crippen molar-refractivity contribution < 1.29 is 0 Å². The predicted molar refractivity (Wildman–Crippen MR) is 34.1 cm³/mol. The molecule has 1 rings (SSSR count). The summed E-state index contributed by atoms with van der Waals surface area (Å²) in [6.45, 7) is 4.40. The van der Waals surface area contributed by atoms with Crippen LogP contribution in [-0.2, 0) is 0 Å². The lowest BCUT2D eigenvalue weighted by Gasteiger charge is -2.07. The molecular formula is C6H12N2. The van der Waals surface area contributed by atoms with E-state index in [9.17, 15) is 0 Å². The fourth-order valence-electron chi connectivity index (χ4n) is 1.09. The van der Waals surface area contributed by atoms with Crippen LogP contribution in [-0.4, -0.2) is 24.3 Å². The Balaban J connectivity index is 2.32. The zero-order valence-corrected chi connectivity index (χ0v) is 5.22. The number of hydrogen-bond acceptors (Lipinski definition) is 1. The summed E-state index contributed by atoms with van der Waals surface area (Å²) in [5.41, 5.74) is 0. The van der Waals surface area contributed by atoms with Gasteiger partial charge in [0, 0.05) is 13.1 Å². The Morgan fingerprint density at radius 1 is 1.75 bits per heavy atom. The van der Waals surface area contributed by atoms with Crippen molar-refractivity contribution in [2.24, 2.45) is 5.92 Å². The highest BCUT2D eigenvalue weighted by Crippen LogP contribution is 2.12. The molecule has 2 nitrogen and oxygen atoms in total. The first-order valence-electron chi connectivity index (χ1n) is 3.07. The number of nitrogens with zero attached hydrogens (tertiary/aromatic N) is 1. The smallest absolute Gasteiger partial charge is 0.0817 e. The molecule has 0 saturated carbocycles. The molecular weight excluding hydrogens is 100 g/mol. The first-order chi connectivity index (χ1) is 3.83. The highest BCUT2D eigenvalue weighted by Gasteiger charge is 2.14. The molecule has 0 aromatic rings. The molecule has 1 heterocycles. The van der Waals surface area contributed by atoms with E-state index in [1.165, 1.54) is 12.8 Å². The summed E-state index contributed by atoms with van der Waals surface area (Å²) in [4.78, 5) is 2.05. The normalized spacial score (nSPS) is 28.6. The molecule has 1 aliphatic heterocycles. The second kappa shape index (κ2) is 2.16. The van der Waals surface area contributed by atoms with Gasteiger partial charge in [-0.1, -0.05) is 6.92 Å². The number of hydrogen-bond donors (Lipinski definition) is 1. The van der Waals surface area contributed by atoms with Gasteiger partial charge < -0.3 is 4.90 Å². The number of rotatable bonds is 1. The average Bonchev–Trinajstić information content (AvgIpc) is 2.14. The summed E-state index contributed by atoms with van der Waals surface area (Å²) >= 11 is 0. The lowest BCUT2D eigenvalue weighted by molar-refractivity contribution is 0.505. The molecule has 1 aliphatic rings. The first kappa shape index (κ1) is 5.60. The number of nitrogens with one attached hydrogen (secondary N) is 1. The van der Waals surface area contributed by atoms with E-state index in [1.54, 1.807) is 0 Å². The third-order valence-corrected chi connectivity index (χ3v) is 1.64. The van der Waals surface area contributed by atoms with Gasteiger partial charge in [0.15, 0.2) is 0 Å². The average molecular weight is 112 g/mol. The molecule has 0 bridgehead atoms. The van der Waals surface area contributed by atoms with Gasteiger partial charge in [0.2, 0.25) is 0 Å². The van der Waals surface area contributed by atoms with Crippen molar-refractivity contribution >= 4 is 6.34 Å². The van der Waals surface area contributed by atoms with Crippen molar-refractivity contribution in [2.45, 2.75) is 13.3 Å². The molecule has 0 radical (unpaired) electrons.